The molecule has 0 saturated heterocycles. The van der Waals surface area contributed by atoms with Crippen LogP contribution in [0.4, 0.5) is 0 Å². The van der Waals surface area contributed by atoms with Crippen LogP contribution in [0.3, 0.4) is 0 Å². The van der Waals surface area contributed by atoms with Crippen molar-refractivity contribution in [3.05, 3.63) is 45.4 Å². The summed E-state index contributed by atoms with van der Waals surface area (Å²) in [5.41, 5.74) is 6.09. The molecule has 188 valence electrons. The first-order chi connectivity index (χ1) is 16.9. The molecule has 2 unspecified atom stereocenters. The molecule has 6 rings (SSSR count). The normalized spacial score (nSPS) is 21.7. The molecule has 2 aliphatic rings. The molecule has 0 aromatic carbocycles. The molecule has 4 heterocycles. The van der Waals surface area contributed by atoms with Crippen LogP contribution in [0.15, 0.2) is 8.83 Å². The maximum absolute atomic E-state index is 13.9. The average molecular weight is 489 g/mol. The molecule has 4 aromatic rings. The van der Waals surface area contributed by atoms with Gasteiger partial charge in [-0.3, -0.25) is 4.79 Å². The third-order valence-corrected chi connectivity index (χ3v) is 8.26. The van der Waals surface area contributed by atoms with Crippen molar-refractivity contribution in [2.45, 2.75) is 80.1 Å². The zero-order valence-corrected chi connectivity index (χ0v) is 22.1. The number of aromatic nitrogens is 6. The molecule has 9 heteroatoms. The first-order valence-electron chi connectivity index (χ1n) is 12.5. The molecular formula is C27H32N6O3. The van der Waals surface area contributed by atoms with E-state index in [-0.39, 0.29) is 28.4 Å². The molecule has 0 radical (unpaired) electrons. The lowest BCUT2D eigenvalue weighted by atomic mass is 9.96. The summed E-state index contributed by atoms with van der Waals surface area (Å²) in [5, 5.41) is 17.1. The number of aromatic amines is 2. The monoisotopic (exact) mass is 488 g/mol. The van der Waals surface area contributed by atoms with Gasteiger partial charge < -0.3 is 18.8 Å². The van der Waals surface area contributed by atoms with Crippen LogP contribution in [0.1, 0.15) is 103 Å². The van der Waals surface area contributed by atoms with E-state index in [0.29, 0.717) is 46.1 Å². The van der Waals surface area contributed by atoms with Crippen molar-refractivity contribution >= 4 is 5.78 Å². The molecule has 0 bridgehead atoms. The molecule has 0 spiro atoms. The predicted octanol–water partition coefficient (Wildman–Crippen LogP) is 5.93. The second-order valence-corrected chi connectivity index (χ2v) is 12.0. The molecule has 36 heavy (non-hydrogen) atoms. The third-order valence-electron chi connectivity index (χ3n) is 8.26. The van der Waals surface area contributed by atoms with Crippen molar-refractivity contribution in [2.75, 3.05) is 0 Å². The van der Waals surface area contributed by atoms with Crippen LogP contribution in [0, 0.1) is 38.5 Å². The van der Waals surface area contributed by atoms with Gasteiger partial charge in [-0.15, -0.1) is 20.4 Å². The van der Waals surface area contributed by atoms with Gasteiger partial charge >= 0.3 is 0 Å². The average Bonchev–Trinajstić information content (AvgIpc) is 3.27. The van der Waals surface area contributed by atoms with Crippen molar-refractivity contribution in [1.29, 1.82) is 0 Å². The number of H-pyrrole nitrogens is 2. The summed E-state index contributed by atoms with van der Waals surface area (Å²) in [4.78, 5) is 20.5. The Bertz CT molecular complexity index is 1420. The molecule has 9 nitrogen and oxygen atoms in total. The topological polar surface area (TPSA) is 126 Å². The van der Waals surface area contributed by atoms with Crippen LogP contribution < -0.4 is 0 Å². The Morgan fingerprint density at radius 3 is 1.42 bits per heavy atom. The minimum Gasteiger partial charge on any atom is -0.419 e. The fourth-order valence-corrected chi connectivity index (χ4v) is 5.46. The van der Waals surface area contributed by atoms with Gasteiger partial charge in [0.1, 0.15) is 11.4 Å². The molecule has 2 saturated carbocycles. The summed E-state index contributed by atoms with van der Waals surface area (Å²) in [5.74, 6) is 2.65. The number of aryl methyl sites for hydroxylation is 2. The van der Waals surface area contributed by atoms with E-state index >= 15 is 0 Å². The van der Waals surface area contributed by atoms with Crippen LogP contribution in [-0.2, 0) is 0 Å². The summed E-state index contributed by atoms with van der Waals surface area (Å²) >= 11 is 0. The van der Waals surface area contributed by atoms with Crippen molar-refractivity contribution in [1.82, 2.24) is 30.4 Å². The van der Waals surface area contributed by atoms with Gasteiger partial charge in [0.2, 0.25) is 11.8 Å². The predicted molar refractivity (Wildman–Crippen MR) is 133 cm³/mol. The quantitative estimate of drug-likeness (QED) is 0.322. The summed E-state index contributed by atoms with van der Waals surface area (Å²) in [6, 6.07) is 0. The van der Waals surface area contributed by atoms with E-state index in [1.54, 1.807) is 0 Å². The van der Waals surface area contributed by atoms with Crippen LogP contribution in [0.25, 0.3) is 23.2 Å². The van der Waals surface area contributed by atoms with Gasteiger partial charge in [0.25, 0.3) is 11.8 Å². The van der Waals surface area contributed by atoms with E-state index < -0.39 is 0 Å². The fourth-order valence-electron chi connectivity index (χ4n) is 5.46. The summed E-state index contributed by atoms with van der Waals surface area (Å²) in [6.07, 6.45) is 2.07. The van der Waals surface area contributed by atoms with E-state index in [0.717, 1.165) is 35.4 Å². The zero-order valence-electron chi connectivity index (χ0n) is 22.1. The lowest BCUT2D eigenvalue weighted by molar-refractivity contribution is 0.103. The van der Waals surface area contributed by atoms with Gasteiger partial charge in [-0.25, -0.2) is 0 Å². The van der Waals surface area contributed by atoms with E-state index in [4.69, 9.17) is 8.83 Å². The lowest BCUT2D eigenvalue weighted by Gasteiger charge is -2.04. The Morgan fingerprint density at radius 1 is 0.722 bits per heavy atom. The van der Waals surface area contributed by atoms with Gasteiger partial charge in [-0.1, -0.05) is 27.7 Å². The number of ketones is 1. The smallest absolute Gasteiger partial charge is 0.264 e. The number of nitrogens with one attached hydrogen (secondary N) is 2. The molecule has 2 aliphatic carbocycles. The zero-order chi connectivity index (χ0) is 25.7. The van der Waals surface area contributed by atoms with Gasteiger partial charge in [0.15, 0.2) is 5.78 Å². The Kier molecular flexibility index (Phi) is 4.63. The van der Waals surface area contributed by atoms with Crippen LogP contribution in [0.5, 0.6) is 0 Å². The first kappa shape index (κ1) is 22.9. The summed E-state index contributed by atoms with van der Waals surface area (Å²) < 4.78 is 12.0. The number of carbonyl (C=O) groups is 1. The van der Waals surface area contributed by atoms with Crippen molar-refractivity contribution in [3.8, 4) is 23.2 Å². The SMILES string of the molecule is Cc1[nH]c(-c2nnc(C3CC3(C)C)o2)c(C)c1C(=O)c1c(C)[nH]c(-c2nnc(C3CC3(C)C)o2)c1C. The van der Waals surface area contributed by atoms with Crippen LogP contribution in [0.2, 0.25) is 0 Å². The molecule has 2 fully saturated rings. The van der Waals surface area contributed by atoms with E-state index in [1.165, 1.54) is 0 Å². The molecular weight excluding hydrogens is 456 g/mol. The summed E-state index contributed by atoms with van der Waals surface area (Å²) in [6.45, 7) is 16.4. The standard InChI is InChI=1S/C27H32N6O3/c1-11-17(13(3)28-19(11)24-32-30-22(35-24)15-9-26(15,5)6)21(34)18-12(2)20(29-14(18)4)25-33-31-23(36-25)16-10-27(16,7)8/h15-16,28-29H,9-10H2,1-8H3. The maximum atomic E-state index is 13.9. The molecule has 2 N–H and O–H groups in total. The number of hydrogen-bond donors (Lipinski definition) is 2. The van der Waals surface area contributed by atoms with Gasteiger partial charge in [0.05, 0.1) is 0 Å². The summed E-state index contributed by atoms with van der Waals surface area (Å²) in [7, 11) is 0. The third kappa shape index (κ3) is 3.39. The second kappa shape index (κ2) is 7.27. The minimum atomic E-state index is -0.0730. The largest absolute Gasteiger partial charge is 0.419 e. The van der Waals surface area contributed by atoms with E-state index in [9.17, 15) is 4.79 Å². The lowest BCUT2D eigenvalue weighted by Crippen LogP contribution is -2.06. The highest BCUT2D eigenvalue weighted by Gasteiger charge is 2.51. The highest BCUT2D eigenvalue weighted by molar-refractivity contribution is 6.13. The number of carbonyl (C=O) groups excluding carboxylic acids is 1. The maximum Gasteiger partial charge on any atom is 0.264 e. The number of nitrogens with zero attached hydrogens (tertiary/aromatic N) is 4. The van der Waals surface area contributed by atoms with Crippen molar-refractivity contribution in [3.63, 3.8) is 0 Å². The highest BCUT2D eigenvalue weighted by atomic mass is 16.4. The van der Waals surface area contributed by atoms with Crippen molar-refractivity contribution < 1.29 is 13.6 Å². The van der Waals surface area contributed by atoms with Gasteiger partial charge in [0, 0.05) is 34.4 Å². The Labute approximate surface area is 209 Å². The van der Waals surface area contributed by atoms with Crippen LogP contribution in [-0.4, -0.2) is 36.1 Å². The molecule has 0 aliphatic heterocycles. The molecule has 4 aromatic heterocycles. The Balaban J connectivity index is 1.32. The number of rotatable bonds is 6. The molecule has 0 amide bonds. The van der Waals surface area contributed by atoms with Crippen molar-refractivity contribution in [2.24, 2.45) is 10.8 Å². The first-order valence-corrected chi connectivity index (χ1v) is 12.5. The number of hydrogen-bond acceptors (Lipinski definition) is 7. The highest BCUT2D eigenvalue weighted by Crippen LogP contribution is 2.59. The van der Waals surface area contributed by atoms with Gasteiger partial charge in [-0.05, 0) is 62.5 Å². The Morgan fingerprint density at radius 2 is 1.08 bits per heavy atom. The van der Waals surface area contributed by atoms with Gasteiger partial charge in [-0.2, -0.15) is 0 Å². The van der Waals surface area contributed by atoms with E-state index in [1.807, 2.05) is 27.7 Å². The Hall–Kier alpha value is -3.49. The minimum absolute atomic E-state index is 0.0730. The second-order valence-electron chi connectivity index (χ2n) is 12.0. The van der Waals surface area contributed by atoms with Crippen LogP contribution >= 0.6 is 0 Å². The van der Waals surface area contributed by atoms with E-state index in [2.05, 4.69) is 58.1 Å². The molecule has 2 atom stereocenters. The fraction of sp³-hybridized carbons (Fsp3) is 0.519.